The zero-order valence-electron chi connectivity index (χ0n) is 12.0. The number of carbonyl (C=O) groups is 2. The summed E-state index contributed by atoms with van der Waals surface area (Å²) in [6.07, 6.45) is 1.46. The Labute approximate surface area is 117 Å². The minimum atomic E-state index is -0.983. The van der Waals surface area contributed by atoms with Gasteiger partial charge in [0.25, 0.3) is 5.91 Å². The van der Waals surface area contributed by atoms with Crippen LogP contribution in [0, 0.1) is 25.2 Å². The molecule has 0 aliphatic heterocycles. The molecule has 1 aromatic rings. The van der Waals surface area contributed by atoms with Crippen molar-refractivity contribution in [3.05, 3.63) is 28.6 Å². The number of carbonyl (C=O) groups excluding carboxylic acids is 2. The van der Waals surface area contributed by atoms with Gasteiger partial charge in [0.2, 0.25) is 0 Å². The Morgan fingerprint density at radius 3 is 2.45 bits per heavy atom. The van der Waals surface area contributed by atoms with Crippen LogP contribution in [0.2, 0.25) is 0 Å². The van der Waals surface area contributed by atoms with E-state index in [0.29, 0.717) is 0 Å². The molecule has 0 fully saturated rings. The summed E-state index contributed by atoms with van der Waals surface area (Å²) in [7, 11) is 0. The van der Waals surface area contributed by atoms with Gasteiger partial charge < -0.3 is 10.3 Å². The molecule has 6 nitrogen and oxygen atoms in total. The van der Waals surface area contributed by atoms with E-state index >= 15 is 0 Å². The molecule has 1 aromatic heterocycles. The number of aryl methyl sites for hydroxylation is 1. The monoisotopic (exact) mass is 274 g/mol. The molecule has 3 N–H and O–H groups in total. The van der Waals surface area contributed by atoms with Crippen molar-refractivity contribution in [2.75, 3.05) is 0 Å². The molecule has 6 heteroatoms. The van der Waals surface area contributed by atoms with Gasteiger partial charge in [-0.1, -0.05) is 0 Å². The largest absolute Gasteiger partial charge is 0.351 e. The third kappa shape index (κ3) is 3.26. The Kier molecular flexibility index (Phi) is 4.70. The number of amides is 3. The third-order valence-corrected chi connectivity index (χ3v) is 2.94. The second-order valence-electron chi connectivity index (χ2n) is 4.78. The van der Waals surface area contributed by atoms with E-state index in [1.807, 2.05) is 25.2 Å². The number of urea groups is 1. The van der Waals surface area contributed by atoms with Crippen LogP contribution in [0.25, 0.3) is 6.08 Å². The summed E-state index contributed by atoms with van der Waals surface area (Å²) >= 11 is 0. The highest BCUT2D eigenvalue weighted by atomic mass is 16.2. The van der Waals surface area contributed by atoms with Gasteiger partial charge in [-0.25, -0.2) is 4.79 Å². The predicted octanol–water partition coefficient (Wildman–Crippen LogP) is 1.79. The highest BCUT2D eigenvalue weighted by Crippen LogP contribution is 2.22. The van der Waals surface area contributed by atoms with Crippen LogP contribution >= 0.6 is 0 Å². The lowest BCUT2D eigenvalue weighted by Crippen LogP contribution is -2.35. The third-order valence-electron chi connectivity index (χ3n) is 2.94. The molecule has 0 saturated heterocycles. The number of nitrogens with two attached hydrogens (primary N) is 1. The van der Waals surface area contributed by atoms with Gasteiger partial charge in [-0.15, -0.1) is 0 Å². The first-order valence-electron chi connectivity index (χ1n) is 6.19. The Morgan fingerprint density at radius 2 is 2.05 bits per heavy atom. The van der Waals surface area contributed by atoms with Crippen LogP contribution in [-0.2, 0) is 4.79 Å². The van der Waals surface area contributed by atoms with Crippen LogP contribution < -0.4 is 11.1 Å². The highest BCUT2D eigenvalue weighted by Gasteiger charge is 2.14. The molecular formula is C14H18N4O2. The molecule has 20 heavy (non-hydrogen) atoms. The lowest BCUT2D eigenvalue weighted by molar-refractivity contribution is -0.115. The number of nitrogens with one attached hydrogen (secondary N) is 1. The molecule has 0 bridgehead atoms. The van der Waals surface area contributed by atoms with Gasteiger partial charge in [-0.3, -0.25) is 10.1 Å². The summed E-state index contributed by atoms with van der Waals surface area (Å²) in [5, 5.41) is 10.9. The van der Waals surface area contributed by atoms with Crippen molar-refractivity contribution in [3.8, 4) is 6.07 Å². The average Bonchev–Trinajstić information content (AvgIpc) is 2.59. The smallest absolute Gasteiger partial charge is 0.319 e. The van der Waals surface area contributed by atoms with E-state index in [9.17, 15) is 9.59 Å². The standard InChI is InChI=1S/C14H18N4O2/c1-8(2)18-9(3)5-11(10(18)4)6-12(7-15)13(19)17-14(16)20/h5-6,8H,1-4H3,(H3,16,17,19,20)/b12-6-. The highest BCUT2D eigenvalue weighted by molar-refractivity contribution is 6.08. The quantitative estimate of drug-likeness (QED) is 0.649. The molecule has 1 heterocycles. The minimum Gasteiger partial charge on any atom is -0.351 e. The molecule has 0 aromatic carbocycles. The zero-order chi connectivity index (χ0) is 15.4. The van der Waals surface area contributed by atoms with Gasteiger partial charge in [-0.2, -0.15) is 5.26 Å². The van der Waals surface area contributed by atoms with Crippen LogP contribution in [0.4, 0.5) is 4.79 Å². The molecule has 0 saturated carbocycles. The number of hydrogen-bond acceptors (Lipinski definition) is 3. The van der Waals surface area contributed by atoms with Crippen molar-refractivity contribution < 1.29 is 9.59 Å². The maximum Gasteiger partial charge on any atom is 0.319 e. The Balaban J connectivity index is 3.22. The van der Waals surface area contributed by atoms with E-state index in [2.05, 4.69) is 18.4 Å². The van der Waals surface area contributed by atoms with E-state index in [1.165, 1.54) is 6.08 Å². The van der Waals surface area contributed by atoms with E-state index in [-0.39, 0.29) is 11.6 Å². The first kappa shape index (κ1) is 15.5. The summed E-state index contributed by atoms with van der Waals surface area (Å²) in [6, 6.07) is 2.96. The summed E-state index contributed by atoms with van der Waals surface area (Å²) in [5.74, 6) is -0.797. The number of nitriles is 1. The lowest BCUT2D eigenvalue weighted by Gasteiger charge is -2.13. The lowest BCUT2D eigenvalue weighted by atomic mass is 10.1. The van der Waals surface area contributed by atoms with Gasteiger partial charge in [-0.05, 0) is 45.4 Å². The van der Waals surface area contributed by atoms with E-state index < -0.39 is 11.9 Å². The molecule has 0 aliphatic carbocycles. The number of primary amides is 1. The van der Waals surface area contributed by atoms with Gasteiger partial charge >= 0.3 is 6.03 Å². The average molecular weight is 274 g/mol. The molecule has 106 valence electrons. The van der Waals surface area contributed by atoms with Crippen LogP contribution in [0.15, 0.2) is 11.6 Å². The Bertz CT molecular complexity index is 618. The molecule has 0 spiro atoms. The molecule has 0 radical (unpaired) electrons. The molecule has 0 aliphatic rings. The maximum atomic E-state index is 11.6. The van der Waals surface area contributed by atoms with Crippen molar-refractivity contribution in [1.29, 1.82) is 5.26 Å². The topological polar surface area (TPSA) is 101 Å². The Hall–Kier alpha value is -2.55. The van der Waals surface area contributed by atoms with E-state index in [4.69, 9.17) is 11.0 Å². The molecule has 0 atom stereocenters. The zero-order valence-corrected chi connectivity index (χ0v) is 12.0. The maximum absolute atomic E-state index is 11.6. The molecule has 3 amide bonds. The summed E-state index contributed by atoms with van der Waals surface area (Å²) < 4.78 is 2.10. The van der Waals surface area contributed by atoms with Crippen molar-refractivity contribution in [3.63, 3.8) is 0 Å². The fourth-order valence-corrected chi connectivity index (χ4v) is 2.23. The van der Waals surface area contributed by atoms with Crippen LogP contribution in [-0.4, -0.2) is 16.5 Å². The summed E-state index contributed by atoms with van der Waals surface area (Å²) in [4.78, 5) is 22.3. The first-order valence-corrected chi connectivity index (χ1v) is 6.19. The summed E-state index contributed by atoms with van der Waals surface area (Å²) in [5.41, 5.74) is 7.47. The number of nitrogens with zero attached hydrogens (tertiary/aromatic N) is 2. The summed E-state index contributed by atoms with van der Waals surface area (Å²) in [6.45, 7) is 7.98. The predicted molar refractivity (Wildman–Crippen MR) is 75.6 cm³/mol. The fourth-order valence-electron chi connectivity index (χ4n) is 2.23. The molecule has 0 unspecified atom stereocenters. The van der Waals surface area contributed by atoms with Crippen LogP contribution in [0.5, 0.6) is 0 Å². The van der Waals surface area contributed by atoms with Gasteiger partial charge in [0.1, 0.15) is 11.6 Å². The first-order chi connectivity index (χ1) is 9.27. The number of rotatable bonds is 3. The molecule has 1 rings (SSSR count). The van der Waals surface area contributed by atoms with Crippen molar-refractivity contribution >= 4 is 18.0 Å². The minimum absolute atomic E-state index is 0.159. The fraction of sp³-hybridized carbons (Fsp3) is 0.357. The van der Waals surface area contributed by atoms with Gasteiger partial charge in [0.05, 0.1) is 0 Å². The second-order valence-corrected chi connectivity index (χ2v) is 4.78. The second kappa shape index (κ2) is 6.06. The Morgan fingerprint density at radius 1 is 1.45 bits per heavy atom. The van der Waals surface area contributed by atoms with Crippen molar-refractivity contribution in [1.82, 2.24) is 9.88 Å². The van der Waals surface area contributed by atoms with Gasteiger partial charge in [0.15, 0.2) is 0 Å². The van der Waals surface area contributed by atoms with Gasteiger partial charge in [0, 0.05) is 17.4 Å². The van der Waals surface area contributed by atoms with Crippen LogP contribution in [0.1, 0.15) is 36.8 Å². The normalized spacial score (nSPS) is 11.3. The van der Waals surface area contributed by atoms with Crippen molar-refractivity contribution in [2.24, 2.45) is 5.73 Å². The number of imide groups is 1. The van der Waals surface area contributed by atoms with Crippen LogP contribution in [0.3, 0.4) is 0 Å². The number of aromatic nitrogens is 1. The molecular weight excluding hydrogens is 256 g/mol. The van der Waals surface area contributed by atoms with Crippen molar-refractivity contribution in [2.45, 2.75) is 33.7 Å². The number of hydrogen-bond donors (Lipinski definition) is 2. The van der Waals surface area contributed by atoms with E-state index in [1.54, 1.807) is 6.07 Å². The SMILES string of the molecule is Cc1cc(/C=C(/C#N)C(=O)NC(N)=O)c(C)n1C(C)C. The van der Waals surface area contributed by atoms with E-state index in [0.717, 1.165) is 17.0 Å².